The highest BCUT2D eigenvalue weighted by Gasteiger charge is 2.04. The molecule has 8 heteroatoms. The molecule has 0 aliphatic rings. The first-order valence-corrected chi connectivity index (χ1v) is 9.40. The summed E-state index contributed by atoms with van der Waals surface area (Å²) in [5.41, 5.74) is 1.65. The van der Waals surface area contributed by atoms with Crippen molar-refractivity contribution < 1.29 is 14.6 Å². The number of aliphatic imine (C=N–C) groups is 1. The summed E-state index contributed by atoms with van der Waals surface area (Å²) in [6.07, 6.45) is 0. The van der Waals surface area contributed by atoms with Crippen molar-refractivity contribution in [2.75, 3.05) is 32.8 Å². The van der Waals surface area contributed by atoms with Crippen molar-refractivity contribution in [3.63, 3.8) is 0 Å². The van der Waals surface area contributed by atoms with E-state index in [1.165, 1.54) is 12.1 Å². The van der Waals surface area contributed by atoms with Crippen molar-refractivity contribution >= 4 is 35.8 Å². The standard InChI is InChI=1S/C21H28N4O3.HI/c1-2-22-21(25-14-15-28-16-17-6-4-3-5-7-17)24-13-12-23-20(27)18-8-10-19(26)11-9-18;/h3-11,26H,2,12-16H2,1H3,(H,23,27)(H2,22,24,25);1H. The van der Waals surface area contributed by atoms with Crippen molar-refractivity contribution in [2.24, 2.45) is 4.99 Å². The van der Waals surface area contributed by atoms with Gasteiger partial charge in [0.2, 0.25) is 0 Å². The summed E-state index contributed by atoms with van der Waals surface area (Å²) in [7, 11) is 0. The lowest BCUT2D eigenvalue weighted by atomic mass is 10.2. The zero-order chi connectivity index (χ0) is 20.0. The van der Waals surface area contributed by atoms with Crippen LogP contribution in [0, 0.1) is 0 Å². The number of nitrogens with zero attached hydrogens (tertiary/aromatic N) is 1. The lowest BCUT2D eigenvalue weighted by molar-refractivity contribution is 0.0954. The van der Waals surface area contributed by atoms with Crippen molar-refractivity contribution in [3.8, 4) is 5.75 Å². The van der Waals surface area contributed by atoms with Crippen LogP contribution in [0.2, 0.25) is 0 Å². The molecular formula is C21H29IN4O3. The van der Waals surface area contributed by atoms with E-state index in [9.17, 15) is 9.90 Å². The lowest BCUT2D eigenvalue weighted by Gasteiger charge is -2.12. The van der Waals surface area contributed by atoms with Crippen molar-refractivity contribution in [3.05, 3.63) is 65.7 Å². The number of phenolic OH excluding ortho intramolecular Hbond substituents is 1. The Morgan fingerprint density at radius 3 is 2.38 bits per heavy atom. The number of guanidine groups is 1. The number of aromatic hydroxyl groups is 1. The highest BCUT2D eigenvalue weighted by molar-refractivity contribution is 14.0. The van der Waals surface area contributed by atoms with Gasteiger partial charge < -0.3 is 25.8 Å². The Hall–Kier alpha value is -2.33. The van der Waals surface area contributed by atoms with Gasteiger partial charge in [-0.1, -0.05) is 30.3 Å². The number of nitrogens with one attached hydrogen (secondary N) is 3. The number of hydrogen-bond donors (Lipinski definition) is 4. The number of ether oxygens (including phenoxy) is 1. The Kier molecular flexibility index (Phi) is 12.5. The van der Waals surface area contributed by atoms with E-state index < -0.39 is 0 Å². The number of amides is 1. The molecule has 4 N–H and O–H groups in total. The highest BCUT2D eigenvalue weighted by Crippen LogP contribution is 2.09. The van der Waals surface area contributed by atoms with Crippen molar-refractivity contribution in [1.82, 2.24) is 16.0 Å². The third-order valence-corrected chi connectivity index (χ3v) is 3.79. The van der Waals surface area contributed by atoms with E-state index in [0.717, 1.165) is 12.1 Å². The first-order chi connectivity index (χ1) is 13.7. The van der Waals surface area contributed by atoms with Crippen LogP contribution in [-0.2, 0) is 11.3 Å². The van der Waals surface area contributed by atoms with E-state index in [4.69, 9.17) is 4.74 Å². The Morgan fingerprint density at radius 1 is 1.00 bits per heavy atom. The molecule has 158 valence electrons. The number of phenols is 1. The molecule has 29 heavy (non-hydrogen) atoms. The number of carbonyl (C=O) groups is 1. The predicted octanol–water partition coefficient (Wildman–Crippen LogP) is 2.51. The van der Waals surface area contributed by atoms with E-state index >= 15 is 0 Å². The molecule has 2 aromatic rings. The van der Waals surface area contributed by atoms with Gasteiger partial charge in [-0.2, -0.15) is 0 Å². The maximum absolute atomic E-state index is 12.0. The molecule has 0 atom stereocenters. The maximum Gasteiger partial charge on any atom is 0.251 e. The second-order valence-electron chi connectivity index (χ2n) is 6.03. The van der Waals surface area contributed by atoms with E-state index in [-0.39, 0.29) is 35.6 Å². The molecule has 0 aliphatic heterocycles. The Bertz CT molecular complexity index is 739. The van der Waals surface area contributed by atoms with E-state index in [0.29, 0.717) is 44.4 Å². The molecule has 0 aliphatic carbocycles. The Balaban J connectivity index is 0.00000420. The van der Waals surface area contributed by atoms with Crippen LogP contribution in [-0.4, -0.2) is 49.8 Å². The summed E-state index contributed by atoms with van der Waals surface area (Å²) in [5, 5.41) is 18.4. The minimum Gasteiger partial charge on any atom is -0.508 e. The van der Waals surface area contributed by atoms with Gasteiger partial charge in [-0.3, -0.25) is 9.79 Å². The quantitative estimate of drug-likeness (QED) is 0.170. The fraction of sp³-hybridized carbons (Fsp3) is 0.333. The summed E-state index contributed by atoms with van der Waals surface area (Å²) in [6, 6.07) is 16.2. The minimum atomic E-state index is -0.182. The first kappa shape index (κ1) is 24.7. The van der Waals surface area contributed by atoms with Crippen LogP contribution < -0.4 is 16.0 Å². The summed E-state index contributed by atoms with van der Waals surface area (Å²) in [4.78, 5) is 16.5. The second-order valence-corrected chi connectivity index (χ2v) is 6.03. The van der Waals surface area contributed by atoms with Gasteiger partial charge in [-0.05, 0) is 36.8 Å². The molecule has 7 nitrogen and oxygen atoms in total. The van der Waals surface area contributed by atoms with Gasteiger partial charge in [0.05, 0.1) is 19.8 Å². The molecule has 0 radical (unpaired) electrons. The molecule has 0 aromatic heterocycles. The fourth-order valence-electron chi connectivity index (χ4n) is 2.40. The van der Waals surface area contributed by atoms with Gasteiger partial charge >= 0.3 is 0 Å². The molecule has 0 saturated carbocycles. The van der Waals surface area contributed by atoms with Gasteiger partial charge in [-0.15, -0.1) is 24.0 Å². The van der Waals surface area contributed by atoms with Gasteiger partial charge in [0.25, 0.3) is 5.91 Å². The van der Waals surface area contributed by atoms with E-state index in [1.807, 2.05) is 37.3 Å². The fourth-order valence-corrected chi connectivity index (χ4v) is 2.40. The second kappa shape index (κ2) is 14.6. The summed E-state index contributed by atoms with van der Waals surface area (Å²) >= 11 is 0. The number of carbonyl (C=O) groups excluding carboxylic acids is 1. The molecular weight excluding hydrogens is 483 g/mol. The SMILES string of the molecule is CCNC(=NCCOCc1ccccc1)NCCNC(=O)c1ccc(O)cc1.I. The average molecular weight is 512 g/mol. The van der Waals surface area contributed by atoms with Gasteiger partial charge in [0.1, 0.15) is 5.75 Å². The van der Waals surface area contributed by atoms with Crippen LogP contribution in [0.5, 0.6) is 5.75 Å². The van der Waals surface area contributed by atoms with Crippen LogP contribution >= 0.6 is 24.0 Å². The molecule has 1 amide bonds. The van der Waals surface area contributed by atoms with E-state index in [1.54, 1.807) is 12.1 Å². The zero-order valence-electron chi connectivity index (χ0n) is 16.6. The van der Waals surface area contributed by atoms with E-state index in [2.05, 4.69) is 20.9 Å². The Morgan fingerprint density at radius 2 is 1.69 bits per heavy atom. The van der Waals surface area contributed by atoms with Crippen LogP contribution in [0.1, 0.15) is 22.8 Å². The lowest BCUT2D eigenvalue weighted by Crippen LogP contribution is -2.41. The highest BCUT2D eigenvalue weighted by atomic mass is 127. The zero-order valence-corrected chi connectivity index (χ0v) is 18.9. The van der Waals surface area contributed by atoms with Crippen molar-refractivity contribution in [1.29, 1.82) is 0 Å². The molecule has 0 saturated heterocycles. The minimum absolute atomic E-state index is 0. The molecule has 0 fully saturated rings. The number of hydrogen-bond acceptors (Lipinski definition) is 4. The van der Waals surface area contributed by atoms with Gasteiger partial charge in [0.15, 0.2) is 5.96 Å². The number of halogens is 1. The number of benzene rings is 2. The smallest absolute Gasteiger partial charge is 0.251 e. The molecule has 0 spiro atoms. The average Bonchev–Trinajstić information content (AvgIpc) is 2.72. The van der Waals surface area contributed by atoms with Crippen molar-refractivity contribution in [2.45, 2.75) is 13.5 Å². The molecule has 0 unspecified atom stereocenters. The topological polar surface area (TPSA) is 95.0 Å². The molecule has 2 aromatic carbocycles. The number of rotatable bonds is 10. The first-order valence-electron chi connectivity index (χ1n) is 9.40. The van der Waals surface area contributed by atoms with Crippen LogP contribution in [0.25, 0.3) is 0 Å². The molecule has 2 rings (SSSR count). The van der Waals surface area contributed by atoms with Crippen LogP contribution in [0.4, 0.5) is 0 Å². The largest absolute Gasteiger partial charge is 0.508 e. The summed E-state index contributed by atoms with van der Waals surface area (Å²) in [5.74, 6) is 0.639. The normalized spacial score (nSPS) is 10.7. The Labute approximate surface area is 189 Å². The van der Waals surface area contributed by atoms with Crippen LogP contribution in [0.3, 0.4) is 0 Å². The summed E-state index contributed by atoms with van der Waals surface area (Å²) in [6.45, 7) is 5.39. The predicted molar refractivity (Wildman–Crippen MR) is 126 cm³/mol. The molecule has 0 heterocycles. The third kappa shape index (κ3) is 10.1. The monoisotopic (exact) mass is 512 g/mol. The maximum atomic E-state index is 12.0. The van der Waals surface area contributed by atoms with Crippen LogP contribution in [0.15, 0.2) is 59.6 Å². The summed E-state index contributed by atoms with van der Waals surface area (Å²) < 4.78 is 5.63. The third-order valence-electron chi connectivity index (χ3n) is 3.79. The van der Waals surface area contributed by atoms with Gasteiger partial charge in [-0.25, -0.2) is 0 Å². The molecule has 0 bridgehead atoms. The van der Waals surface area contributed by atoms with Gasteiger partial charge in [0, 0.05) is 25.2 Å².